The highest BCUT2D eigenvalue weighted by Crippen LogP contribution is 2.29. The number of rotatable bonds is 8. The van der Waals surface area contributed by atoms with Crippen molar-refractivity contribution in [3.8, 4) is 11.5 Å². The molecule has 0 radical (unpaired) electrons. The fraction of sp³-hybridized carbons (Fsp3) is 0.421. The molecule has 2 amide bonds. The molecule has 1 heterocycles. The first-order valence-corrected chi connectivity index (χ1v) is 8.42. The monoisotopic (exact) mass is 361 g/mol. The largest absolute Gasteiger partial charge is 0.497 e. The zero-order valence-corrected chi connectivity index (χ0v) is 15.9. The predicted octanol–water partition coefficient (Wildman–Crippen LogP) is 2.96. The van der Waals surface area contributed by atoms with Gasteiger partial charge >= 0.3 is 6.03 Å². The Labute approximate surface area is 154 Å². The van der Waals surface area contributed by atoms with Gasteiger partial charge in [-0.3, -0.25) is 4.90 Å². The van der Waals surface area contributed by atoms with E-state index in [9.17, 15) is 4.79 Å². The number of carbonyl (C=O) groups excluding carboxylic acids is 1. The summed E-state index contributed by atoms with van der Waals surface area (Å²) in [5.41, 5.74) is 0.845. The first-order valence-electron chi connectivity index (χ1n) is 8.42. The number of hydrogen-bond acceptors (Lipinski definition) is 5. The number of likely N-dealkylation sites (N-methyl/N-ethyl adjacent to an activating group) is 1. The van der Waals surface area contributed by atoms with E-state index in [1.54, 1.807) is 20.5 Å². The number of urea groups is 1. The molecule has 0 aliphatic heterocycles. The molecule has 0 fully saturated rings. The van der Waals surface area contributed by atoms with Gasteiger partial charge in [0, 0.05) is 12.1 Å². The molecule has 7 heteroatoms. The van der Waals surface area contributed by atoms with Crippen LogP contribution in [0.1, 0.15) is 30.3 Å². The van der Waals surface area contributed by atoms with Crippen LogP contribution in [0.25, 0.3) is 0 Å². The Kier molecular flexibility index (Phi) is 6.91. The van der Waals surface area contributed by atoms with Crippen molar-refractivity contribution in [3.63, 3.8) is 0 Å². The fourth-order valence-electron chi connectivity index (χ4n) is 2.71. The number of benzene rings is 1. The Balaban J connectivity index is 1.99. The van der Waals surface area contributed by atoms with Crippen LogP contribution in [0.3, 0.4) is 0 Å². The number of methoxy groups -OCH3 is 2. The molecule has 2 N–H and O–H groups in total. The first kappa shape index (κ1) is 19.7. The standard InChI is InChI=1S/C19H27N3O4/c1-13(15-11-14(24-4)8-9-17(15)25-5)21-19(23)20-12-16(22(2)3)18-7-6-10-26-18/h6-11,13,16H,12H2,1-5H3,(H2,20,21,23). The molecule has 2 rings (SSSR count). The summed E-state index contributed by atoms with van der Waals surface area (Å²) in [7, 11) is 7.09. The molecule has 2 atom stereocenters. The quantitative estimate of drug-likeness (QED) is 0.756. The SMILES string of the molecule is COc1ccc(OC)c(C(C)NC(=O)NCC(c2ccco2)N(C)C)c1. The van der Waals surface area contributed by atoms with Gasteiger partial charge in [-0.25, -0.2) is 4.79 Å². The van der Waals surface area contributed by atoms with E-state index in [-0.39, 0.29) is 18.1 Å². The van der Waals surface area contributed by atoms with Gasteiger partial charge in [-0.2, -0.15) is 0 Å². The topological polar surface area (TPSA) is 76.0 Å². The molecule has 2 unspecified atom stereocenters. The summed E-state index contributed by atoms with van der Waals surface area (Å²) < 4.78 is 16.1. The third kappa shape index (κ3) is 4.92. The summed E-state index contributed by atoms with van der Waals surface area (Å²) in [4.78, 5) is 14.3. The van der Waals surface area contributed by atoms with Crippen LogP contribution >= 0.6 is 0 Å². The molecule has 142 valence electrons. The van der Waals surface area contributed by atoms with Crippen LogP contribution in [-0.4, -0.2) is 45.8 Å². The third-order valence-corrected chi connectivity index (χ3v) is 4.20. The second kappa shape index (κ2) is 9.15. The van der Waals surface area contributed by atoms with Crippen LogP contribution < -0.4 is 20.1 Å². The summed E-state index contributed by atoms with van der Waals surface area (Å²) >= 11 is 0. The lowest BCUT2D eigenvalue weighted by Crippen LogP contribution is -2.41. The number of furan rings is 1. The highest BCUT2D eigenvalue weighted by molar-refractivity contribution is 5.74. The Morgan fingerprint density at radius 2 is 2.00 bits per heavy atom. The van der Waals surface area contributed by atoms with E-state index in [1.165, 1.54) is 0 Å². The molecule has 0 aliphatic carbocycles. The number of nitrogens with one attached hydrogen (secondary N) is 2. The lowest BCUT2D eigenvalue weighted by molar-refractivity contribution is 0.223. The lowest BCUT2D eigenvalue weighted by atomic mass is 10.1. The third-order valence-electron chi connectivity index (χ3n) is 4.20. The molecule has 0 spiro atoms. The summed E-state index contributed by atoms with van der Waals surface area (Å²) in [5, 5.41) is 5.82. The lowest BCUT2D eigenvalue weighted by Gasteiger charge is -2.23. The van der Waals surface area contributed by atoms with Crippen molar-refractivity contribution < 1.29 is 18.7 Å². The van der Waals surface area contributed by atoms with Gasteiger partial charge in [0.1, 0.15) is 17.3 Å². The smallest absolute Gasteiger partial charge is 0.315 e. The van der Waals surface area contributed by atoms with E-state index >= 15 is 0 Å². The van der Waals surface area contributed by atoms with Gasteiger partial charge in [0.25, 0.3) is 0 Å². The maximum atomic E-state index is 12.3. The Morgan fingerprint density at radius 1 is 1.23 bits per heavy atom. The van der Waals surface area contributed by atoms with Gasteiger partial charge in [-0.15, -0.1) is 0 Å². The zero-order chi connectivity index (χ0) is 19.1. The number of hydrogen-bond donors (Lipinski definition) is 2. The Hall–Kier alpha value is -2.67. The van der Waals surface area contributed by atoms with Gasteiger partial charge in [0.2, 0.25) is 0 Å². The van der Waals surface area contributed by atoms with Gasteiger partial charge in [0.05, 0.1) is 32.6 Å². The number of nitrogens with zero attached hydrogens (tertiary/aromatic N) is 1. The number of amides is 2. The van der Waals surface area contributed by atoms with Crippen LogP contribution in [0.2, 0.25) is 0 Å². The molecule has 0 saturated carbocycles. The van der Waals surface area contributed by atoms with Gasteiger partial charge in [0.15, 0.2) is 0 Å². The summed E-state index contributed by atoms with van der Waals surface area (Å²) in [6.07, 6.45) is 1.63. The fourth-order valence-corrected chi connectivity index (χ4v) is 2.71. The van der Waals surface area contributed by atoms with Gasteiger partial charge < -0.3 is 24.5 Å². The van der Waals surface area contributed by atoms with Crippen LogP contribution in [0.4, 0.5) is 4.79 Å². The molecule has 0 bridgehead atoms. The minimum Gasteiger partial charge on any atom is -0.497 e. The van der Waals surface area contributed by atoms with Crippen molar-refractivity contribution >= 4 is 6.03 Å². The zero-order valence-electron chi connectivity index (χ0n) is 15.9. The normalized spacial score (nSPS) is 13.2. The molecule has 0 saturated heterocycles. The number of ether oxygens (including phenoxy) is 2. The molecule has 2 aromatic rings. The minimum atomic E-state index is -0.263. The van der Waals surface area contributed by atoms with Gasteiger partial charge in [-0.1, -0.05) is 0 Å². The van der Waals surface area contributed by atoms with Crippen molar-refractivity contribution in [1.29, 1.82) is 0 Å². The van der Waals surface area contributed by atoms with Crippen molar-refractivity contribution in [3.05, 3.63) is 47.9 Å². The van der Waals surface area contributed by atoms with Crippen LogP contribution in [0.5, 0.6) is 11.5 Å². The Bertz CT molecular complexity index is 701. The second-order valence-corrected chi connectivity index (χ2v) is 6.18. The molecule has 1 aromatic carbocycles. The maximum Gasteiger partial charge on any atom is 0.315 e. The van der Waals surface area contributed by atoms with E-state index in [4.69, 9.17) is 13.9 Å². The predicted molar refractivity (Wildman–Crippen MR) is 99.6 cm³/mol. The van der Waals surface area contributed by atoms with E-state index < -0.39 is 0 Å². The van der Waals surface area contributed by atoms with Crippen molar-refractivity contribution in [2.24, 2.45) is 0 Å². The molecule has 1 aromatic heterocycles. The van der Waals surface area contributed by atoms with Crippen LogP contribution in [0.15, 0.2) is 41.0 Å². The van der Waals surface area contributed by atoms with Crippen LogP contribution in [0, 0.1) is 0 Å². The van der Waals surface area contributed by atoms with Crippen molar-refractivity contribution in [2.75, 3.05) is 34.9 Å². The van der Waals surface area contributed by atoms with E-state index in [1.807, 2.05) is 56.3 Å². The second-order valence-electron chi connectivity index (χ2n) is 6.18. The summed E-state index contributed by atoms with van der Waals surface area (Å²) in [5.74, 6) is 2.21. The average molecular weight is 361 g/mol. The minimum absolute atomic E-state index is 0.0441. The summed E-state index contributed by atoms with van der Waals surface area (Å²) in [6, 6.07) is 8.68. The highest BCUT2D eigenvalue weighted by atomic mass is 16.5. The maximum absolute atomic E-state index is 12.3. The first-order chi connectivity index (χ1) is 12.5. The average Bonchev–Trinajstić information content (AvgIpc) is 3.15. The molecular weight excluding hydrogens is 334 g/mol. The Morgan fingerprint density at radius 3 is 2.58 bits per heavy atom. The van der Waals surface area contributed by atoms with E-state index in [0.717, 1.165) is 11.3 Å². The van der Waals surface area contributed by atoms with E-state index in [2.05, 4.69) is 10.6 Å². The molecule has 26 heavy (non-hydrogen) atoms. The summed E-state index contributed by atoms with van der Waals surface area (Å²) in [6.45, 7) is 2.32. The van der Waals surface area contributed by atoms with Gasteiger partial charge in [-0.05, 0) is 51.4 Å². The molecule has 7 nitrogen and oxygen atoms in total. The molecule has 0 aliphatic rings. The van der Waals surface area contributed by atoms with Crippen LogP contribution in [-0.2, 0) is 0 Å². The van der Waals surface area contributed by atoms with E-state index in [0.29, 0.717) is 18.0 Å². The number of carbonyl (C=O) groups is 1. The van der Waals surface area contributed by atoms with Crippen molar-refractivity contribution in [2.45, 2.75) is 19.0 Å². The molecular formula is C19H27N3O4. The highest BCUT2D eigenvalue weighted by Gasteiger charge is 2.19. The van der Waals surface area contributed by atoms with Crippen molar-refractivity contribution in [1.82, 2.24) is 15.5 Å².